The second-order valence-corrected chi connectivity index (χ2v) is 4.77. The molecule has 21 heavy (non-hydrogen) atoms. The smallest absolute Gasteiger partial charge is 0.272 e. The Kier molecular flexibility index (Phi) is 4.93. The SMILES string of the molecule is Cl.O=C(NCc1ccc(F)cc1)c1n[nH]c2c1CNCC2. The number of nitrogens with zero attached hydrogens (tertiary/aromatic N) is 1. The summed E-state index contributed by atoms with van der Waals surface area (Å²) in [4.78, 5) is 12.1. The van der Waals surface area contributed by atoms with Crippen molar-refractivity contribution >= 4 is 18.3 Å². The number of aromatic amines is 1. The zero-order valence-corrected chi connectivity index (χ0v) is 12.1. The lowest BCUT2D eigenvalue weighted by Crippen LogP contribution is -2.28. The number of H-pyrrole nitrogens is 1. The van der Waals surface area contributed by atoms with Crippen molar-refractivity contribution in [2.45, 2.75) is 19.5 Å². The van der Waals surface area contributed by atoms with Gasteiger partial charge in [-0.05, 0) is 17.7 Å². The fourth-order valence-electron chi connectivity index (χ4n) is 2.28. The number of hydrogen-bond acceptors (Lipinski definition) is 3. The van der Waals surface area contributed by atoms with Gasteiger partial charge >= 0.3 is 0 Å². The topological polar surface area (TPSA) is 69.8 Å². The molecule has 1 amide bonds. The van der Waals surface area contributed by atoms with E-state index in [0.717, 1.165) is 29.8 Å². The molecule has 1 aromatic carbocycles. The lowest BCUT2D eigenvalue weighted by atomic mass is 10.1. The van der Waals surface area contributed by atoms with E-state index in [9.17, 15) is 9.18 Å². The number of benzene rings is 1. The highest BCUT2D eigenvalue weighted by Gasteiger charge is 2.21. The van der Waals surface area contributed by atoms with Crippen LogP contribution in [0.2, 0.25) is 0 Å². The van der Waals surface area contributed by atoms with Crippen LogP contribution in [0.1, 0.15) is 27.3 Å². The Morgan fingerprint density at radius 2 is 2.10 bits per heavy atom. The molecule has 0 atom stereocenters. The van der Waals surface area contributed by atoms with Crippen molar-refractivity contribution in [2.75, 3.05) is 6.54 Å². The van der Waals surface area contributed by atoms with Gasteiger partial charge in [0.1, 0.15) is 5.82 Å². The molecular formula is C14H16ClFN4O. The molecule has 3 rings (SSSR count). The molecule has 3 N–H and O–H groups in total. The number of carbonyl (C=O) groups excluding carboxylic acids is 1. The largest absolute Gasteiger partial charge is 0.347 e. The van der Waals surface area contributed by atoms with Crippen molar-refractivity contribution in [3.63, 3.8) is 0 Å². The van der Waals surface area contributed by atoms with E-state index in [1.54, 1.807) is 12.1 Å². The summed E-state index contributed by atoms with van der Waals surface area (Å²) in [6, 6.07) is 6.05. The first-order valence-electron chi connectivity index (χ1n) is 6.53. The van der Waals surface area contributed by atoms with Crippen molar-refractivity contribution in [3.8, 4) is 0 Å². The van der Waals surface area contributed by atoms with Gasteiger partial charge in [0, 0.05) is 37.3 Å². The second kappa shape index (κ2) is 6.69. The maximum absolute atomic E-state index is 12.8. The number of fused-ring (bicyclic) bond motifs is 1. The van der Waals surface area contributed by atoms with Crippen LogP contribution >= 0.6 is 12.4 Å². The second-order valence-electron chi connectivity index (χ2n) is 4.77. The van der Waals surface area contributed by atoms with Crippen LogP contribution < -0.4 is 10.6 Å². The van der Waals surface area contributed by atoms with E-state index < -0.39 is 0 Å². The van der Waals surface area contributed by atoms with Crippen molar-refractivity contribution in [3.05, 3.63) is 52.6 Å². The van der Waals surface area contributed by atoms with Crippen LogP contribution in [0.15, 0.2) is 24.3 Å². The zero-order chi connectivity index (χ0) is 13.9. The Morgan fingerprint density at radius 1 is 1.33 bits per heavy atom. The van der Waals surface area contributed by atoms with Crippen LogP contribution in [-0.2, 0) is 19.5 Å². The summed E-state index contributed by atoms with van der Waals surface area (Å²) in [6.45, 7) is 1.91. The van der Waals surface area contributed by atoms with Crippen LogP contribution in [0.3, 0.4) is 0 Å². The third kappa shape index (κ3) is 3.40. The Hall–Kier alpha value is -1.92. The van der Waals surface area contributed by atoms with Crippen molar-refractivity contribution in [1.29, 1.82) is 0 Å². The third-order valence-corrected chi connectivity index (χ3v) is 3.39. The summed E-state index contributed by atoms with van der Waals surface area (Å²) >= 11 is 0. The van der Waals surface area contributed by atoms with E-state index in [4.69, 9.17) is 0 Å². The van der Waals surface area contributed by atoms with E-state index in [1.165, 1.54) is 12.1 Å². The van der Waals surface area contributed by atoms with Gasteiger partial charge in [-0.2, -0.15) is 5.10 Å². The maximum Gasteiger partial charge on any atom is 0.272 e. The molecule has 0 saturated carbocycles. The first-order valence-corrected chi connectivity index (χ1v) is 6.53. The van der Waals surface area contributed by atoms with Gasteiger partial charge in [-0.15, -0.1) is 12.4 Å². The highest BCUT2D eigenvalue weighted by atomic mass is 35.5. The molecule has 1 aliphatic rings. The fourth-order valence-corrected chi connectivity index (χ4v) is 2.28. The predicted molar refractivity (Wildman–Crippen MR) is 78.8 cm³/mol. The van der Waals surface area contributed by atoms with E-state index >= 15 is 0 Å². The summed E-state index contributed by atoms with van der Waals surface area (Å²) in [5, 5.41) is 13.0. The van der Waals surface area contributed by atoms with Crippen LogP contribution in [0.25, 0.3) is 0 Å². The number of hydrogen-bond donors (Lipinski definition) is 3. The fraction of sp³-hybridized carbons (Fsp3) is 0.286. The summed E-state index contributed by atoms with van der Waals surface area (Å²) in [5.74, 6) is -0.497. The van der Waals surface area contributed by atoms with Crippen molar-refractivity contribution in [2.24, 2.45) is 0 Å². The van der Waals surface area contributed by atoms with Gasteiger partial charge in [-0.25, -0.2) is 4.39 Å². The molecule has 0 unspecified atom stereocenters. The minimum absolute atomic E-state index is 0. The van der Waals surface area contributed by atoms with Gasteiger partial charge in [0.2, 0.25) is 0 Å². The quantitative estimate of drug-likeness (QED) is 0.805. The normalized spacial score (nSPS) is 13.2. The standard InChI is InChI=1S/C14H15FN4O.ClH/c15-10-3-1-9(2-4-10)7-17-14(20)13-11-8-16-6-5-12(11)18-19-13;/h1-4,16H,5-8H2,(H,17,20)(H,18,19);1H. The Morgan fingerprint density at radius 3 is 2.86 bits per heavy atom. The molecule has 0 fully saturated rings. The minimum atomic E-state index is -0.285. The summed E-state index contributed by atoms with van der Waals surface area (Å²) in [7, 11) is 0. The summed E-state index contributed by atoms with van der Waals surface area (Å²) in [5.41, 5.74) is 3.25. The zero-order valence-electron chi connectivity index (χ0n) is 11.3. The molecule has 7 heteroatoms. The molecule has 5 nitrogen and oxygen atoms in total. The lowest BCUT2D eigenvalue weighted by Gasteiger charge is -2.12. The summed E-state index contributed by atoms with van der Waals surface area (Å²) in [6.07, 6.45) is 0.855. The van der Waals surface area contributed by atoms with Crippen LogP contribution in [0.4, 0.5) is 4.39 Å². The van der Waals surface area contributed by atoms with E-state index in [-0.39, 0.29) is 24.1 Å². The van der Waals surface area contributed by atoms with Crippen LogP contribution in [-0.4, -0.2) is 22.6 Å². The third-order valence-electron chi connectivity index (χ3n) is 3.39. The van der Waals surface area contributed by atoms with Gasteiger partial charge in [-0.1, -0.05) is 12.1 Å². The molecule has 0 saturated heterocycles. The molecule has 2 aromatic rings. The number of aromatic nitrogens is 2. The van der Waals surface area contributed by atoms with Crippen LogP contribution in [0, 0.1) is 5.82 Å². The van der Waals surface area contributed by atoms with Crippen molar-refractivity contribution in [1.82, 2.24) is 20.8 Å². The minimum Gasteiger partial charge on any atom is -0.347 e. The molecule has 1 aromatic heterocycles. The molecule has 0 radical (unpaired) electrons. The molecular weight excluding hydrogens is 295 g/mol. The van der Waals surface area contributed by atoms with E-state index in [0.29, 0.717) is 18.8 Å². The molecule has 2 heterocycles. The molecule has 0 bridgehead atoms. The van der Waals surface area contributed by atoms with Crippen molar-refractivity contribution < 1.29 is 9.18 Å². The van der Waals surface area contributed by atoms with Gasteiger partial charge < -0.3 is 10.6 Å². The van der Waals surface area contributed by atoms with E-state index in [1.807, 2.05) is 0 Å². The number of halogens is 2. The Balaban J connectivity index is 0.00000161. The van der Waals surface area contributed by atoms with Gasteiger partial charge in [-0.3, -0.25) is 9.89 Å². The Bertz CT molecular complexity index is 626. The molecule has 1 aliphatic heterocycles. The highest BCUT2D eigenvalue weighted by molar-refractivity contribution is 5.94. The monoisotopic (exact) mass is 310 g/mol. The lowest BCUT2D eigenvalue weighted by molar-refractivity contribution is 0.0944. The average Bonchev–Trinajstić information content (AvgIpc) is 2.90. The first kappa shape index (κ1) is 15.5. The number of rotatable bonds is 3. The number of amides is 1. The van der Waals surface area contributed by atoms with Crippen LogP contribution in [0.5, 0.6) is 0 Å². The first-order chi connectivity index (χ1) is 9.74. The van der Waals surface area contributed by atoms with Gasteiger partial charge in [0.25, 0.3) is 5.91 Å². The Labute approximate surface area is 127 Å². The van der Waals surface area contributed by atoms with Gasteiger partial charge in [0.05, 0.1) is 0 Å². The number of carbonyl (C=O) groups is 1. The average molecular weight is 311 g/mol. The maximum atomic E-state index is 12.8. The molecule has 0 spiro atoms. The highest BCUT2D eigenvalue weighted by Crippen LogP contribution is 2.15. The van der Waals surface area contributed by atoms with E-state index in [2.05, 4.69) is 20.8 Å². The molecule has 112 valence electrons. The van der Waals surface area contributed by atoms with Gasteiger partial charge in [0.15, 0.2) is 5.69 Å². The predicted octanol–water partition coefficient (Wildman–Crippen LogP) is 1.55. The molecule has 0 aliphatic carbocycles. The summed E-state index contributed by atoms with van der Waals surface area (Å²) < 4.78 is 12.8. The number of nitrogens with one attached hydrogen (secondary N) is 3.